The first-order valence-electron chi connectivity index (χ1n) is 14.9. The lowest BCUT2D eigenvalue weighted by Crippen LogP contribution is -2.30. The van der Waals surface area contributed by atoms with Gasteiger partial charge in [-0.2, -0.15) is 5.10 Å². The Labute approximate surface area is 253 Å². The zero-order valence-corrected chi connectivity index (χ0v) is 24.2. The van der Waals surface area contributed by atoms with Crippen LogP contribution < -0.4 is 15.5 Å². The van der Waals surface area contributed by atoms with E-state index in [4.69, 9.17) is 9.84 Å². The van der Waals surface area contributed by atoms with Crippen LogP contribution in [0.25, 0.3) is 10.9 Å². The zero-order chi connectivity index (χ0) is 30.6. The van der Waals surface area contributed by atoms with Crippen molar-refractivity contribution in [1.82, 2.24) is 9.78 Å². The van der Waals surface area contributed by atoms with E-state index in [1.807, 2.05) is 35.0 Å². The van der Waals surface area contributed by atoms with Gasteiger partial charge in [0.15, 0.2) is 5.69 Å². The summed E-state index contributed by atoms with van der Waals surface area (Å²) in [5, 5.41) is 20.5. The van der Waals surface area contributed by atoms with Crippen LogP contribution in [0, 0.1) is 11.7 Å². The van der Waals surface area contributed by atoms with Crippen molar-refractivity contribution in [2.75, 3.05) is 41.8 Å². The van der Waals surface area contributed by atoms with E-state index < -0.39 is 24.1 Å². The normalized spacial score (nSPS) is 16.7. The maximum Gasteiger partial charge on any atom is 0.307 e. The van der Waals surface area contributed by atoms with Crippen molar-refractivity contribution in [3.8, 4) is 0 Å². The number of aromatic nitrogens is 2. The number of benzene rings is 3. The number of carbonyl (C=O) groups is 3. The first kappa shape index (κ1) is 29.3. The van der Waals surface area contributed by atoms with Gasteiger partial charge in [0.2, 0.25) is 0 Å². The van der Waals surface area contributed by atoms with E-state index in [2.05, 4.69) is 15.5 Å². The van der Waals surface area contributed by atoms with Crippen molar-refractivity contribution in [2.45, 2.75) is 38.6 Å². The number of ether oxygens (including phenoxy) is 1. The number of fused-ring (bicyclic) bond motifs is 1. The van der Waals surface area contributed by atoms with E-state index in [0.717, 1.165) is 74.1 Å². The van der Waals surface area contributed by atoms with Gasteiger partial charge in [0.05, 0.1) is 29.9 Å². The predicted molar refractivity (Wildman–Crippen MR) is 165 cm³/mol. The molecule has 3 N–H and O–H groups in total. The lowest BCUT2D eigenvalue weighted by molar-refractivity contribution is -0.136. The summed E-state index contributed by atoms with van der Waals surface area (Å²) in [5.74, 6) is -2.32. The minimum absolute atomic E-state index is 0.149. The van der Waals surface area contributed by atoms with E-state index in [1.165, 1.54) is 6.07 Å². The van der Waals surface area contributed by atoms with Crippen molar-refractivity contribution in [1.29, 1.82) is 0 Å². The second kappa shape index (κ2) is 12.8. The molecule has 3 heterocycles. The van der Waals surface area contributed by atoms with Gasteiger partial charge in [-0.1, -0.05) is 18.2 Å². The molecule has 2 aliphatic heterocycles. The fourth-order valence-electron chi connectivity index (χ4n) is 5.96. The summed E-state index contributed by atoms with van der Waals surface area (Å²) in [6, 6.07) is 16.3. The van der Waals surface area contributed by atoms with E-state index in [9.17, 15) is 23.9 Å². The highest BCUT2D eigenvalue weighted by Crippen LogP contribution is 2.32. The van der Waals surface area contributed by atoms with Crippen LogP contribution in [0.3, 0.4) is 0 Å². The van der Waals surface area contributed by atoms with Gasteiger partial charge < -0.3 is 25.4 Å². The molecule has 4 aromatic rings. The van der Waals surface area contributed by atoms with Gasteiger partial charge >= 0.3 is 5.97 Å². The van der Waals surface area contributed by atoms with Crippen molar-refractivity contribution < 1.29 is 28.6 Å². The van der Waals surface area contributed by atoms with Crippen LogP contribution in [-0.4, -0.2) is 59.0 Å². The number of para-hydroxylation sites is 1. The second-order valence-corrected chi connectivity index (χ2v) is 11.3. The Kier molecular flexibility index (Phi) is 8.56. The molecule has 1 atom stereocenters. The molecule has 2 fully saturated rings. The second-order valence-electron chi connectivity index (χ2n) is 11.3. The molecule has 0 bridgehead atoms. The van der Waals surface area contributed by atoms with Crippen molar-refractivity contribution >= 4 is 45.7 Å². The molecule has 2 saturated heterocycles. The quantitative estimate of drug-likeness (QED) is 0.237. The molecule has 11 heteroatoms. The third kappa shape index (κ3) is 6.42. The maximum absolute atomic E-state index is 13.8. The van der Waals surface area contributed by atoms with Gasteiger partial charge in [0.25, 0.3) is 11.8 Å². The number of nitrogens with one attached hydrogen (secondary N) is 2. The number of rotatable bonds is 9. The summed E-state index contributed by atoms with van der Waals surface area (Å²) in [7, 11) is 0. The molecule has 2 aliphatic rings. The van der Waals surface area contributed by atoms with Crippen LogP contribution in [0.2, 0.25) is 0 Å². The van der Waals surface area contributed by atoms with Gasteiger partial charge in [0.1, 0.15) is 5.82 Å². The summed E-state index contributed by atoms with van der Waals surface area (Å²) in [4.78, 5) is 40.7. The van der Waals surface area contributed by atoms with Crippen LogP contribution in [0.1, 0.15) is 52.1 Å². The molecule has 228 valence electrons. The first-order chi connectivity index (χ1) is 21.4. The number of nitrogens with zero attached hydrogens (tertiary/aromatic N) is 3. The molecule has 2 amide bonds. The molecule has 44 heavy (non-hydrogen) atoms. The number of amides is 2. The van der Waals surface area contributed by atoms with Gasteiger partial charge in [-0.05, 0) is 73.7 Å². The fraction of sp³-hybridized carbons (Fsp3) is 0.333. The molecule has 1 aromatic heterocycles. The van der Waals surface area contributed by atoms with Gasteiger partial charge in [-0.3, -0.25) is 19.1 Å². The zero-order valence-electron chi connectivity index (χ0n) is 24.2. The lowest BCUT2D eigenvalue weighted by Gasteiger charge is -2.30. The lowest BCUT2D eigenvalue weighted by atomic mass is 10.1. The smallest absolute Gasteiger partial charge is 0.307 e. The standard InChI is InChI=1S/C33H34FN5O5/c34-24-9-10-26(23(16-24)18-30(40)41)35-32(42)22-8-11-29(38-13-4-1-5-14-38)27(17-22)36-33(43)31-25-6-2-3-7-28(25)39(37-31)19-21-12-15-44-20-21/h2-3,6-11,16-17,21H,1,4-5,12-15,18-20H2,(H,35,42)(H,36,43)(H,40,41). The summed E-state index contributed by atoms with van der Waals surface area (Å²) in [5.41, 5.74) is 3.04. The number of hydrogen-bond acceptors (Lipinski definition) is 6. The molecule has 10 nitrogen and oxygen atoms in total. The number of aliphatic carboxylic acids is 1. The molecule has 6 rings (SSSR count). The van der Waals surface area contributed by atoms with Gasteiger partial charge in [-0.25, -0.2) is 4.39 Å². The average molecular weight is 600 g/mol. The van der Waals surface area contributed by atoms with Crippen LogP contribution in [0.5, 0.6) is 0 Å². The summed E-state index contributed by atoms with van der Waals surface area (Å²) in [6.07, 6.45) is 3.67. The molecule has 0 aliphatic carbocycles. The molecule has 0 radical (unpaired) electrons. The highest BCUT2D eigenvalue weighted by atomic mass is 19.1. The molecule has 0 saturated carbocycles. The molecular formula is C33H34FN5O5. The number of halogens is 1. The van der Waals surface area contributed by atoms with Crippen molar-refractivity contribution in [3.63, 3.8) is 0 Å². The molecule has 3 aromatic carbocycles. The van der Waals surface area contributed by atoms with Gasteiger partial charge in [-0.15, -0.1) is 0 Å². The third-order valence-electron chi connectivity index (χ3n) is 8.19. The molecular weight excluding hydrogens is 565 g/mol. The summed E-state index contributed by atoms with van der Waals surface area (Å²) < 4.78 is 21.2. The van der Waals surface area contributed by atoms with E-state index in [0.29, 0.717) is 30.5 Å². The Balaban J connectivity index is 1.31. The highest BCUT2D eigenvalue weighted by Gasteiger charge is 2.24. The van der Waals surface area contributed by atoms with E-state index in [1.54, 1.807) is 12.1 Å². The Hall–Kier alpha value is -4.77. The van der Waals surface area contributed by atoms with Crippen LogP contribution in [0.4, 0.5) is 21.5 Å². The predicted octanol–water partition coefficient (Wildman–Crippen LogP) is 5.33. The number of hydrogen-bond donors (Lipinski definition) is 3. The number of carboxylic acid groups (broad SMARTS) is 1. The van der Waals surface area contributed by atoms with Crippen molar-refractivity contribution in [3.05, 3.63) is 83.3 Å². The first-order valence-corrected chi connectivity index (χ1v) is 14.9. The van der Waals surface area contributed by atoms with Crippen LogP contribution in [0.15, 0.2) is 60.7 Å². The Morgan fingerprint density at radius 1 is 0.955 bits per heavy atom. The molecule has 0 spiro atoms. The third-order valence-corrected chi connectivity index (χ3v) is 8.19. The minimum Gasteiger partial charge on any atom is -0.481 e. The topological polar surface area (TPSA) is 126 Å². The van der Waals surface area contributed by atoms with E-state index in [-0.39, 0.29) is 22.7 Å². The molecule has 1 unspecified atom stereocenters. The monoisotopic (exact) mass is 599 g/mol. The Bertz CT molecular complexity index is 1710. The van der Waals surface area contributed by atoms with Crippen molar-refractivity contribution in [2.24, 2.45) is 5.92 Å². The van der Waals surface area contributed by atoms with Crippen LogP contribution >= 0.6 is 0 Å². The fourth-order valence-corrected chi connectivity index (χ4v) is 5.96. The number of carbonyl (C=O) groups excluding carboxylic acids is 2. The SMILES string of the molecule is O=C(O)Cc1cc(F)ccc1NC(=O)c1ccc(N2CCCCC2)c(NC(=O)c2nn(CC3CCOC3)c3ccccc23)c1. The maximum atomic E-state index is 13.8. The number of anilines is 3. The Morgan fingerprint density at radius 3 is 2.52 bits per heavy atom. The largest absolute Gasteiger partial charge is 0.481 e. The number of carboxylic acids is 1. The minimum atomic E-state index is -1.14. The highest BCUT2D eigenvalue weighted by molar-refractivity contribution is 6.13. The van der Waals surface area contributed by atoms with E-state index >= 15 is 0 Å². The summed E-state index contributed by atoms with van der Waals surface area (Å²) in [6.45, 7) is 3.69. The van der Waals surface area contributed by atoms with Gasteiger partial charge in [0, 0.05) is 48.8 Å². The average Bonchev–Trinajstić information content (AvgIpc) is 3.67. The number of piperidine rings is 1. The Morgan fingerprint density at radius 2 is 1.75 bits per heavy atom. The summed E-state index contributed by atoms with van der Waals surface area (Å²) >= 11 is 0. The van der Waals surface area contributed by atoms with Crippen LogP contribution in [-0.2, 0) is 22.5 Å².